The first kappa shape index (κ1) is 10.7. The Balaban J connectivity index is 1.89. The van der Waals surface area contributed by atoms with Crippen molar-refractivity contribution in [1.29, 1.82) is 0 Å². The van der Waals surface area contributed by atoms with E-state index in [1.807, 2.05) is 29.2 Å². The highest BCUT2D eigenvalue weighted by molar-refractivity contribution is 5.46. The lowest BCUT2D eigenvalue weighted by Crippen LogP contribution is -2.35. The average molecular weight is 250 g/mol. The molecule has 0 amide bonds. The van der Waals surface area contributed by atoms with Gasteiger partial charge in [-0.05, 0) is 36.6 Å². The number of fused-ring (bicyclic) bond motifs is 1. The summed E-state index contributed by atoms with van der Waals surface area (Å²) in [7, 11) is 0. The van der Waals surface area contributed by atoms with Crippen LogP contribution in [0.1, 0.15) is 30.5 Å². The van der Waals surface area contributed by atoms with Crippen molar-refractivity contribution in [3.8, 4) is 0 Å². The highest BCUT2D eigenvalue weighted by Crippen LogP contribution is 2.48. The van der Waals surface area contributed by atoms with Crippen LogP contribution >= 0.6 is 0 Å². The topological polar surface area (TPSA) is 43.1 Å². The van der Waals surface area contributed by atoms with E-state index in [1.165, 1.54) is 12.0 Å². The van der Waals surface area contributed by atoms with Crippen molar-refractivity contribution in [2.75, 3.05) is 0 Å². The Morgan fingerprint density at radius 3 is 2.63 bits per heavy atom. The number of aromatic nitrogens is 4. The second-order valence-corrected chi connectivity index (χ2v) is 5.12. The van der Waals surface area contributed by atoms with E-state index < -0.39 is 0 Å². The molecule has 3 heterocycles. The van der Waals surface area contributed by atoms with Crippen LogP contribution in [0.4, 0.5) is 0 Å². The standard InChI is InChI=1S/C15H14N4/c1-5-15(6-1,12-3-8-16-9-4-12)13-11-14-17-7-2-10-19(14)18-13/h2-4,7-11H,1,5-6H2. The van der Waals surface area contributed by atoms with Gasteiger partial charge in [0.1, 0.15) is 0 Å². The first-order valence-corrected chi connectivity index (χ1v) is 6.60. The van der Waals surface area contributed by atoms with Crippen molar-refractivity contribution in [2.45, 2.75) is 24.7 Å². The fourth-order valence-corrected chi connectivity index (χ4v) is 2.96. The molecule has 0 unspecified atom stereocenters. The van der Waals surface area contributed by atoms with E-state index >= 15 is 0 Å². The number of hydrogen-bond acceptors (Lipinski definition) is 3. The number of pyridine rings is 1. The Kier molecular flexibility index (Phi) is 2.18. The number of hydrogen-bond donors (Lipinski definition) is 0. The lowest BCUT2D eigenvalue weighted by Gasteiger charge is -2.40. The minimum atomic E-state index is 0.0661. The van der Waals surface area contributed by atoms with Crippen molar-refractivity contribution in [3.05, 3.63) is 60.3 Å². The van der Waals surface area contributed by atoms with Crippen LogP contribution in [0.25, 0.3) is 5.65 Å². The second-order valence-electron chi connectivity index (χ2n) is 5.12. The summed E-state index contributed by atoms with van der Waals surface area (Å²) in [6.07, 6.45) is 11.0. The zero-order valence-corrected chi connectivity index (χ0v) is 10.5. The predicted molar refractivity (Wildman–Crippen MR) is 71.9 cm³/mol. The molecule has 94 valence electrons. The van der Waals surface area contributed by atoms with E-state index in [0.29, 0.717) is 0 Å². The van der Waals surface area contributed by atoms with Crippen molar-refractivity contribution >= 4 is 5.65 Å². The lowest BCUT2D eigenvalue weighted by molar-refractivity contribution is 0.292. The highest BCUT2D eigenvalue weighted by atomic mass is 15.2. The molecule has 0 atom stereocenters. The van der Waals surface area contributed by atoms with E-state index in [0.717, 1.165) is 24.2 Å². The summed E-state index contributed by atoms with van der Waals surface area (Å²) in [5.74, 6) is 0. The fourth-order valence-electron chi connectivity index (χ4n) is 2.96. The Hall–Kier alpha value is -2.23. The molecular formula is C15H14N4. The molecule has 3 aromatic heterocycles. The molecule has 1 aliphatic carbocycles. The first-order valence-electron chi connectivity index (χ1n) is 6.60. The summed E-state index contributed by atoms with van der Waals surface area (Å²) < 4.78 is 1.86. The van der Waals surface area contributed by atoms with Gasteiger partial charge in [-0.1, -0.05) is 6.42 Å². The van der Waals surface area contributed by atoms with Gasteiger partial charge in [0.15, 0.2) is 5.65 Å². The summed E-state index contributed by atoms with van der Waals surface area (Å²) in [4.78, 5) is 8.47. The molecule has 0 spiro atoms. The molecule has 1 fully saturated rings. The van der Waals surface area contributed by atoms with Gasteiger partial charge in [-0.25, -0.2) is 9.50 Å². The SMILES string of the molecule is c1cnc2cc(C3(c4ccncc4)CCC3)nn2c1. The maximum absolute atomic E-state index is 4.72. The van der Waals surface area contributed by atoms with E-state index in [9.17, 15) is 0 Å². The molecule has 4 heteroatoms. The van der Waals surface area contributed by atoms with E-state index in [1.54, 1.807) is 6.20 Å². The molecule has 3 aromatic rings. The third kappa shape index (κ3) is 1.49. The van der Waals surface area contributed by atoms with Crippen LogP contribution in [0.2, 0.25) is 0 Å². The van der Waals surface area contributed by atoms with Crippen molar-refractivity contribution in [3.63, 3.8) is 0 Å². The summed E-state index contributed by atoms with van der Waals surface area (Å²) in [5, 5.41) is 4.72. The molecule has 1 saturated carbocycles. The van der Waals surface area contributed by atoms with Crippen LogP contribution in [0.15, 0.2) is 49.1 Å². The summed E-state index contributed by atoms with van der Waals surface area (Å²) in [6.45, 7) is 0. The molecular weight excluding hydrogens is 236 g/mol. The van der Waals surface area contributed by atoms with Gasteiger partial charge in [-0.3, -0.25) is 4.98 Å². The lowest BCUT2D eigenvalue weighted by atomic mass is 9.63. The van der Waals surface area contributed by atoms with Crippen LogP contribution in [0.5, 0.6) is 0 Å². The fraction of sp³-hybridized carbons (Fsp3) is 0.267. The van der Waals surface area contributed by atoms with Gasteiger partial charge < -0.3 is 0 Å². The zero-order chi connectivity index (χ0) is 12.7. The zero-order valence-electron chi connectivity index (χ0n) is 10.5. The predicted octanol–water partition coefficient (Wildman–Crippen LogP) is 2.59. The van der Waals surface area contributed by atoms with Crippen molar-refractivity contribution < 1.29 is 0 Å². The van der Waals surface area contributed by atoms with Gasteiger partial charge in [-0.2, -0.15) is 5.10 Å². The van der Waals surface area contributed by atoms with Crippen LogP contribution in [0.3, 0.4) is 0 Å². The molecule has 4 nitrogen and oxygen atoms in total. The maximum Gasteiger partial charge on any atom is 0.155 e. The third-order valence-electron chi connectivity index (χ3n) is 4.17. The van der Waals surface area contributed by atoms with Crippen molar-refractivity contribution in [2.24, 2.45) is 0 Å². The molecule has 19 heavy (non-hydrogen) atoms. The Morgan fingerprint density at radius 1 is 1.11 bits per heavy atom. The minimum Gasteiger partial charge on any atom is -0.265 e. The monoisotopic (exact) mass is 250 g/mol. The Labute approximate surface area is 111 Å². The molecule has 0 radical (unpaired) electrons. The van der Waals surface area contributed by atoms with Gasteiger partial charge in [0.25, 0.3) is 0 Å². The van der Waals surface area contributed by atoms with Crippen LogP contribution in [-0.2, 0) is 5.41 Å². The van der Waals surface area contributed by atoms with Crippen LogP contribution in [0, 0.1) is 0 Å². The normalized spacial score (nSPS) is 17.3. The Bertz CT molecular complexity index is 680. The van der Waals surface area contributed by atoms with Gasteiger partial charge in [0.05, 0.1) is 5.69 Å². The molecule has 4 rings (SSSR count). The van der Waals surface area contributed by atoms with Gasteiger partial charge in [0, 0.05) is 36.3 Å². The first-order chi connectivity index (χ1) is 9.38. The largest absolute Gasteiger partial charge is 0.265 e. The maximum atomic E-state index is 4.72. The minimum absolute atomic E-state index is 0.0661. The summed E-state index contributed by atoms with van der Waals surface area (Å²) in [5.41, 5.74) is 3.43. The summed E-state index contributed by atoms with van der Waals surface area (Å²) in [6, 6.07) is 8.23. The molecule has 0 aliphatic heterocycles. The Morgan fingerprint density at radius 2 is 1.95 bits per heavy atom. The van der Waals surface area contributed by atoms with Gasteiger partial charge in [0.2, 0.25) is 0 Å². The smallest absolute Gasteiger partial charge is 0.155 e. The second kappa shape index (κ2) is 3.88. The number of rotatable bonds is 2. The van der Waals surface area contributed by atoms with Crippen molar-refractivity contribution in [1.82, 2.24) is 19.6 Å². The van der Waals surface area contributed by atoms with Gasteiger partial charge >= 0.3 is 0 Å². The quantitative estimate of drug-likeness (QED) is 0.702. The van der Waals surface area contributed by atoms with E-state index in [-0.39, 0.29) is 5.41 Å². The molecule has 0 aromatic carbocycles. The highest BCUT2D eigenvalue weighted by Gasteiger charge is 2.42. The molecule has 0 bridgehead atoms. The summed E-state index contributed by atoms with van der Waals surface area (Å²) >= 11 is 0. The molecule has 0 N–H and O–H groups in total. The van der Waals surface area contributed by atoms with Crippen LogP contribution < -0.4 is 0 Å². The van der Waals surface area contributed by atoms with Crippen LogP contribution in [-0.4, -0.2) is 19.6 Å². The van der Waals surface area contributed by atoms with E-state index in [2.05, 4.69) is 28.2 Å². The third-order valence-corrected chi connectivity index (χ3v) is 4.17. The average Bonchev–Trinajstić information content (AvgIpc) is 2.82. The van der Waals surface area contributed by atoms with Gasteiger partial charge in [-0.15, -0.1) is 0 Å². The van der Waals surface area contributed by atoms with E-state index in [4.69, 9.17) is 5.10 Å². The number of nitrogens with zero attached hydrogens (tertiary/aromatic N) is 4. The molecule has 0 saturated heterocycles. The molecule has 1 aliphatic rings.